The summed E-state index contributed by atoms with van der Waals surface area (Å²) in [4.78, 5) is 10.5. The van der Waals surface area contributed by atoms with Gasteiger partial charge >= 0.3 is 5.69 Å². The molecule has 1 N–H and O–H groups in total. The van der Waals surface area contributed by atoms with Crippen molar-refractivity contribution in [3.63, 3.8) is 0 Å². The second-order valence-corrected chi connectivity index (χ2v) is 4.84. The van der Waals surface area contributed by atoms with E-state index in [1.165, 1.54) is 12.1 Å². The predicted molar refractivity (Wildman–Crippen MR) is 82.0 cm³/mol. The molecule has 0 atom stereocenters. The van der Waals surface area contributed by atoms with Gasteiger partial charge < -0.3 is 10.1 Å². The Labute approximate surface area is 127 Å². The van der Waals surface area contributed by atoms with Gasteiger partial charge in [-0.15, -0.1) is 0 Å². The van der Waals surface area contributed by atoms with E-state index < -0.39 is 4.92 Å². The van der Waals surface area contributed by atoms with Gasteiger partial charge in [-0.05, 0) is 36.4 Å². The summed E-state index contributed by atoms with van der Waals surface area (Å²) in [6, 6.07) is 11.8. The molecule has 0 fully saturated rings. The maximum Gasteiger partial charge on any atom is 0.313 e. The first-order chi connectivity index (χ1) is 10.1. The van der Waals surface area contributed by atoms with Crippen LogP contribution in [-0.2, 0) is 6.54 Å². The quantitative estimate of drug-likeness (QED) is 0.643. The first-order valence-corrected chi connectivity index (χ1v) is 6.89. The molecule has 0 unspecified atom stereocenters. The Morgan fingerprint density at radius 3 is 2.81 bits per heavy atom. The summed E-state index contributed by atoms with van der Waals surface area (Å²) in [6.45, 7) is 3.61. The minimum atomic E-state index is -0.510. The van der Waals surface area contributed by atoms with Gasteiger partial charge in [-0.3, -0.25) is 10.1 Å². The molecule has 0 aliphatic rings. The SMILES string of the molecule is CCNCc1cccc(Oc2ccc(Cl)cc2[N+](=O)[O-])c1. The van der Waals surface area contributed by atoms with E-state index in [-0.39, 0.29) is 11.4 Å². The molecule has 2 aromatic rings. The molecule has 0 spiro atoms. The van der Waals surface area contributed by atoms with Crippen LogP contribution in [0.15, 0.2) is 42.5 Å². The molecule has 0 aromatic heterocycles. The molecule has 0 bridgehead atoms. The largest absolute Gasteiger partial charge is 0.450 e. The molecule has 6 heteroatoms. The Kier molecular flexibility index (Phi) is 5.14. The van der Waals surface area contributed by atoms with Crippen molar-refractivity contribution < 1.29 is 9.66 Å². The Hall–Kier alpha value is -2.11. The highest BCUT2D eigenvalue weighted by Crippen LogP contribution is 2.33. The summed E-state index contributed by atoms with van der Waals surface area (Å²) < 4.78 is 5.62. The summed E-state index contributed by atoms with van der Waals surface area (Å²) in [6.07, 6.45) is 0. The second-order valence-electron chi connectivity index (χ2n) is 4.40. The third kappa shape index (κ3) is 4.18. The summed E-state index contributed by atoms with van der Waals surface area (Å²) in [5.41, 5.74) is 0.894. The van der Waals surface area contributed by atoms with E-state index in [0.29, 0.717) is 10.8 Å². The topological polar surface area (TPSA) is 64.4 Å². The van der Waals surface area contributed by atoms with Gasteiger partial charge in [0.2, 0.25) is 5.75 Å². The number of rotatable bonds is 6. The first kappa shape index (κ1) is 15.3. The van der Waals surface area contributed by atoms with Crippen molar-refractivity contribution in [2.75, 3.05) is 6.54 Å². The van der Waals surface area contributed by atoms with Crippen molar-refractivity contribution in [3.8, 4) is 11.5 Å². The summed E-state index contributed by atoms with van der Waals surface area (Å²) in [5, 5.41) is 14.5. The van der Waals surface area contributed by atoms with Gasteiger partial charge in [-0.2, -0.15) is 0 Å². The maximum absolute atomic E-state index is 11.0. The molecular weight excluding hydrogens is 292 g/mol. The molecule has 0 aliphatic heterocycles. The van der Waals surface area contributed by atoms with Crippen LogP contribution < -0.4 is 10.1 Å². The minimum Gasteiger partial charge on any atom is -0.450 e. The van der Waals surface area contributed by atoms with Crippen LogP contribution in [0.1, 0.15) is 12.5 Å². The Balaban J connectivity index is 2.24. The smallest absolute Gasteiger partial charge is 0.313 e. The van der Waals surface area contributed by atoms with E-state index in [2.05, 4.69) is 5.32 Å². The lowest BCUT2D eigenvalue weighted by Gasteiger charge is -2.08. The standard InChI is InChI=1S/C15H15ClN2O3/c1-2-17-10-11-4-3-5-13(8-11)21-15-7-6-12(16)9-14(15)18(19)20/h3-9,17H,2,10H2,1H3. The van der Waals surface area contributed by atoms with E-state index in [1.54, 1.807) is 12.1 Å². The molecule has 0 aliphatic carbocycles. The third-order valence-corrected chi connectivity index (χ3v) is 3.06. The first-order valence-electron chi connectivity index (χ1n) is 6.51. The second kappa shape index (κ2) is 7.06. The van der Waals surface area contributed by atoms with Crippen LogP contribution in [0, 0.1) is 10.1 Å². The van der Waals surface area contributed by atoms with Gasteiger partial charge in [0.15, 0.2) is 0 Å². The van der Waals surface area contributed by atoms with Crippen LogP contribution in [0.5, 0.6) is 11.5 Å². The number of nitro benzene ring substituents is 1. The molecule has 21 heavy (non-hydrogen) atoms. The number of nitrogens with zero attached hydrogens (tertiary/aromatic N) is 1. The van der Waals surface area contributed by atoms with Crippen molar-refractivity contribution >= 4 is 17.3 Å². The predicted octanol–water partition coefficient (Wildman–Crippen LogP) is 4.15. The molecule has 0 saturated carbocycles. The van der Waals surface area contributed by atoms with Crippen LogP contribution in [-0.4, -0.2) is 11.5 Å². The lowest BCUT2D eigenvalue weighted by Crippen LogP contribution is -2.11. The minimum absolute atomic E-state index is 0.153. The molecule has 0 heterocycles. The number of ether oxygens (including phenoxy) is 1. The Morgan fingerprint density at radius 2 is 2.10 bits per heavy atom. The molecule has 0 radical (unpaired) electrons. The molecule has 5 nitrogen and oxygen atoms in total. The highest BCUT2D eigenvalue weighted by atomic mass is 35.5. The van der Waals surface area contributed by atoms with E-state index in [0.717, 1.165) is 18.7 Å². The van der Waals surface area contributed by atoms with Crippen molar-refractivity contribution in [1.82, 2.24) is 5.32 Å². The Morgan fingerprint density at radius 1 is 1.29 bits per heavy atom. The van der Waals surface area contributed by atoms with E-state index in [9.17, 15) is 10.1 Å². The molecule has 2 aromatic carbocycles. The number of nitro groups is 1. The van der Waals surface area contributed by atoms with Crippen molar-refractivity contribution in [2.45, 2.75) is 13.5 Å². The van der Waals surface area contributed by atoms with Crippen LogP contribution in [0.25, 0.3) is 0 Å². The zero-order valence-electron chi connectivity index (χ0n) is 11.5. The summed E-state index contributed by atoms with van der Waals surface area (Å²) >= 11 is 5.78. The third-order valence-electron chi connectivity index (χ3n) is 2.82. The Bertz CT molecular complexity index is 647. The monoisotopic (exact) mass is 306 g/mol. The number of hydrogen-bond donors (Lipinski definition) is 1. The normalized spacial score (nSPS) is 10.4. The van der Waals surface area contributed by atoms with Gasteiger partial charge in [-0.25, -0.2) is 0 Å². The molecule has 2 rings (SSSR count). The lowest BCUT2D eigenvalue weighted by atomic mass is 10.2. The van der Waals surface area contributed by atoms with Gasteiger partial charge in [0.1, 0.15) is 5.75 Å². The number of benzene rings is 2. The van der Waals surface area contributed by atoms with E-state index in [4.69, 9.17) is 16.3 Å². The zero-order chi connectivity index (χ0) is 15.2. The summed E-state index contributed by atoms with van der Waals surface area (Å²) in [7, 11) is 0. The zero-order valence-corrected chi connectivity index (χ0v) is 12.3. The average molecular weight is 307 g/mol. The molecule has 0 saturated heterocycles. The van der Waals surface area contributed by atoms with Gasteiger partial charge in [0, 0.05) is 17.6 Å². The fourth-order valence-electron chi connectivity index (χ4n) is 1.83. The van der Waals surface area contributed by atoms with Crippen LogP contribution in [0.4, 0.5) is 5.69 Å². The van der Waals surface area contributed by atoms with E-state index in [1.807, 2.05) is 25.1 Å². The van der Waals surface area contributed by atoms with Crippen LogP contribution in [0.3, 0.4) is 0 Å². The van der Waals surface area contributed by atoms with Gasteiger partial charge in [-0.1, -0.05) is 30.7 Å². The molecule has 0 amide bonds. The lowest BCUT2D eigenvalue weighted by molar-refractivity contribution is -0.385. The van der Waals surface area contributed by atoms with Crippen molar-refractivity contribution in [1.29, 1.82) is 0 Å². The highest BCUT2D eigenvalue weighted by Gasteiger charge is 2.16. The molecule has 110 valence electrons. The molecular formula is C15H15ClN2O3. The summed E-state index contributed by atoms with van der Waals surface area (Å²) in [5.74, 6) is 0.723. The maximum atomic E-state index is 11.0. The fraction of sp³-hybridized carbons (Fsp3) is 0.200. The average Bonchev–Trinajstić information content (AvgIpc) is 2.47. The number of halogens is 1. The highest BCUT2D eigenvalue weighted by molar-refractivity contribution is 6.30. The number of nitrogens with one attached hydrogen (secondary N) is 1. The van der Waals surface area contributed by atoms with Gasteiger partial charge in [0.05, 0.1) is 4.92 Å². The van der Waals surface area contributed by atoms with Crippen molar-refractivity contribution in [3.05, 3.63) is 63.2 Å². The van der Waals surface area contributed by atoms with Gasteiger partial charge in [0.25, 0.3) is 0 Å². The van der Waals surface area contributed by atoms with Crippen molar-refractivity contribution in [2.24, 2.45) is 0 Å². The van der Waals surface area contributed by atoms with Crippen LogP contribution in [0.2, 0.25) is 5.02 Å². The number of hydrogen-bond acceptors (Lipinski definition) is 4. The van der Waals surface area contributed by atoms with Crippen LogP contribution >= 0.6 is 11.6 Å². The fourth-order valence-corrected chi connectivity index (χ4v) is 2.00. The van der Waals surface area contributed by atoms with E-state index >= 15 is 0 Å².